The molecule has 2 aromatic carbocycles. The highest BCUT2D eigenvalue weighted by Gasteiger charge is 2.57. The van der Waals surface area contributed by atoms with Gasteiger partial charge in [0, 0.05) is 12.4 Å². The van der Waals surface area contributed by atoms with E-state index in [1.807, 2.05) is 39.0 Å². The third-order valence-electron chi connectivity index (χ3n) is 7.54. The fourth-order valence-electron chi connectivity index (χ4n) is 5.08. The van der Waals surface area contributed by atoms with Crippen LogP contribution < -0.4 is 14.9 Å². The Morgan fingerprint density at radius 1 is 1.23 bits per heavy atom. The summed E-state index contributed by atoms with van der Waals surface area (Å²) in [6, 6.07) is 11.3. The van der Waals surface area contributed by atoms with Gasteiger partial charge in [-0.3, -0.25) is 13.9 Å². The zero-order chi connectivity index (χ0) is 34.1. The summed E-state index contributed by atoms with van der Waals surface area (Å²) in [6.07, 6.45) is -3.93. The van der Waals surface area contributed by atoms with Gasteiger partial charge in [0.05, 0.1) is 25.4 Å². The molecule has 0 saturated carbocycles. The summed E-state index contributed by atoms with van der Waals surface area (Å²) < 4.78 is 55.1. The molecule has 1 aliphatic rings. The van der Waals surface area contributed by atoms with Gasteiger partial charge in [-0.25, -0.2) is 23.9 Å². The molecule has 0 spiro atoms. The maximum atomic E-state index is 15.9. The summed E-state index contributed by atoms with van der Waals surface area (Å²) in [7, 11) is -2.81. The van der Waals surface area contributed by atoms with Crippen LogP contribution in [0.1, 0.15) is 39.7 Å². The Morgan fingerprint density at radius 2 is 1.96 bits per heavy atom. The first-order chi connectivity index (χ1) is 22.2. The number of benzene rings is 2. The average Bonchev–Trinajstić information content (AvgIpc) is 3.56. The number of ether oxygens (including phenoxy) is 2. The Kier molecular flexibility index (Phi) is 10.1. The number of rotatable bonds is 12. The number of aliphatic hydroxyl groups excluding tert-OH is 1. The number of carbonyl (C=O) groups excluding carboxylic acids is 1. The minimum absolute atomic E-state index is 0.116. The Labute approximate surface area is 276 Å². The van der Waals surface area contributed by atoms with Crippen LogP contribution in [-0.4, -0.2) is 80.7 Å². The SMILES string of the molecule is CNc1nc(C)nc2c1ncn2[C@@H]1O[C@](CCl)(CO[P@](=O)(N[C@@H](C)C(=O)OCC(C)(C)C)Oc2cccc3ccccc23)[C@@H](O)[C@H]1F. The number of hydrogen-bond donors (Lipinski definition) is 3. The summed E-state index contributed by atoms with van der Waals surface area (Å²) in [5.41, 5.74) is -1.57. The third kappa shape index (κ3) is 7.38. The molecule has 3 heterocycles. The van der Waals surface area contributed by atoms with Crippen LogP contribution in [-0.2, 0) is 23.4 Å². The number of nitrogens with zero attached hydrogens (tertiary/aromatic N) is 4. The molecular weight excluding hydrogens is 654 g/mol. The van der Waals surface area contributed by atoms with Gasteiger partial charge in [-0.1, -0.05) is 57.2 Å². The van der Waals surface area contributed by atoms with Crippen LogP contribution in [0.4, 0.5) is 10.2 Å². The molecule has 0 unspecified atom stereocenters. The van der Waals surface area contributed by atoms with Crippen molar-refractivity contribution in [3.05, 3.63) is 54.6 Å². The number of carbonyl (C=O) groups is 1. The maximum absolute atomic E-state index is 15.9. The fraction of sp³-hybridized carbons (Fsp3) is 0.484. The van der Waals surface area contributed by atoms with E-state index >= 15 is 4.39 Å². The minimum Gasteiger partial charge on any atom is -0.464 e. The van der Waals surface area contributed by atoms with Crippen molar-refractivity contribution in [2.75, 3.05) is 31.5 Å². The zero-order valence-electron chi connectivity index (χ0n) is 26.9. The lowest BCUT2D eigenvalue weighted by molar-refractivity contribution is -0.148. The predicted molar refractivity (Wildman–Crippen MR) is 175 cm³/mol. The van der Waals surface area contributed by atoms with E-state index in [0.29, 0.717) is 22.5 Å². The highest BCUT2D eigenvalue weighted by molar-refractivity contribution is 7.52. The first-order valence-corrected chi connectivity index (χ1v) is 17.1. The van der Waals surface area contributed by atoms with E-state index in [4.69, 9.17) is 30.1 Å². The Morgan fingerprint density at radius 3 is 2.66 bits per heavy atom. The van der Waals surface area contributed by atoms with Gasteiger partial charge >= 0.3 is 13.7 Å². The van der Waals surface area contributed by atoms with Gasteiger partial charge in [0.25, 0.3) is 0 Å². The largest absolute Gasteiger partial charge is 0.464 e. The smallest absolute Gasteiger partial charge is 0.459 e. The van der Waals surface area contributed by atoms with Gasteiger partial charge in [-0.15, -0.1) is 11.6 Å². The maximum Gasteiger partial charge on any atom is 0.459 e. The number of halogens is 2. The fourth-order valence-corrected chi connectivity index (χ4v) is 6.94. The van der Waals surface area contributed by atoms with E-state index < -0.39 is 56.3 Å². The van der Waals surface area contributed by atoms with Crippen LogP contribution >= 0.6 is 19.3 Å². The topological polar surface area (TPSA) is 159 Å². The van der Waals surface area contributed by atoms with Crippen LogP contribution in [0.5, 0.6) is 5.75 Å². The van der Waals surface area contributed by atoms with Crippen LogP contribution in [0.15, 0.2) is 48.8 Å². The summed E-state index contributed by atoms with van der Waals surface area (Å²) in [5, 5.41) is 18.2. The zero-order valence-corrected chi connectivity index (χ0v) is 28.6. The molecular formula is C31H39ClFN6O7P. The second kappa shape index (κ2) is 13.6. The number of aromatic nitrogens is 4. The molecule has 13 nitrogen and oxygen atoms in total. The van der Waals surface area contributed by atoms with Crippen molar-refractivity contribution in [1.82, 2.24) is 24.6 Å². The number of esters is 1. The van der Waals surface area contributed by atoms with Gasteiger partial charge in [-0.2, -0.15) is 5.09 Å². The summed E-state index contributed by atoms with van der Waals surface area (Å²) in [5.74, 6) is -0.116. The van der Waals surface area contributed by atoms with Gasteiger partial charge in [0.2, 0.25) is 0 Å². The molecule has 0 aliphatic carbocycles. The number of anilines is 1. The van der Waals surface area contributed by atoms with Gasteiger partial charge in [-0.05, 0) is 30.7 Å². The minimum atomic E-state index is -4.48. The third-order valence-corrected chi connectivity index (χ3v) is 9.60. The highest BCUT2D eigenvalue weighted by atomic mass is 35.5. The highest BCUT2D eigenvalue weighted by Crippen LogP contribution is 2.50. The normalized spacial score (nSPS) is 23.5. The van der Waals surface area contributed by atoms with Crippen LogP contribution in [0.25, 0.3) is 21.9 Å². The molecule has 16 heteroatoms. The van der Waals surface area contributed by atoms with Crippen molar-refractivity contribution in [3.63, 3.8) is 0 Å². The number of imidazole rings is 1. The predicted octanol–water partition coefficient (Wildman–Crippen LogP) is 5.31. The molecule has 0 amide bonds. The Hall–Kier alpha value is -3.39. The molecule has 1 saturated heterocycles. The molecule has 4 aromatic rings. The number of aliphatic hydroxyl groups is 1. The number of nitrogens with one attached hydrogen (secondary N) is 2. The lowest BCUT2D eigenvalue weighted by Gasteiger charge is -2.32. The molecule has 0 radical (unpaired) electrons. The van der Waals surface area contributed by atoms with Crippen molar-refractivity contribution in [2.45, 2.75) is 64.8 Å². The lowest BCUT2D eigenvalue weighted by Crippen LogP contribution is -2.48. The molecule has 0 bridgehead atoms. The van der Waals surface area contributed by atoms with Gasteiger partial charge in [0.1, 0.15) is 29.3 Å². The van der Waals surface area contributed by atoms with Gasteiger partial charge in [0.15, 0.2) is 29.4 Å². The van der Waals surface area contributed by atoms with Crippen molar-refractivity contribution < 1.29 is 37.4 Å². The molecule has 1 fully saturated rings. The summed E-state index contributed by atoms with van der Waals surface area (Å²) in [4.78, 5) is 25.9. The van der Waals surface area contributed by atoms with Gasteiger partial charge < -0.3 is 24.4 Å². The molecule has 254 valence electrons. The number of aryl methyl sites for hydroxylation is 1. The first kappa shape index (κ1) is 34.9. The first-order valence-electron chi connectivity index (χ1n) is 15.0. The Balaban J connectivity index is 1.44. The van der Waals surface area contributed by atoms with E-state index in [1.54, 1.807) is 38.2 Å². The number of alkyl halides is 2. The van der Waals surface area contributed by atoms with E-state index in [2.05, 4.69) is 25.4 Å². The molecule has 5 rings (SSSR count). The van der Waals surface area contributed by atoms with E-state index in [9.17, 15) is 14.5 Å². The number of fused-ring (bicyclic) bond motifs is 2. The van der Waals surface area contributed by atoms with Crippen LogP contribution in [0, 0.1) is 12.3 Å². The number of hydrogen-bond acceptors (Lipinski definition) is 11. The second-order valence-electron chi connectivity index (χ2n) is 12.6. The standard InChI is InChI=1S/C31H39ClFN6O7P/c1-18(29(41)43-15-30(3,4)5)38-47(42,46-22-13-9-11-20-10-7-8-12-21(20)22)44-16-31(14-32)25(40)23(33)28(45-31)39-17-35-24-26(34-6)36-19(2)37-27(24)39/h7-13,17-18,23,25,28,40H,14-16H2,1-6H3,(H,38,42)(H,34,36,37)/t18-,23+,25-,28+,31+,47+/m0/s1. The quantitative estimate of drug-likeness (QED) is 0.100. The summed E-state index contributed by atoms with van der Waals surface area (Å²) in [6.45, 7) is 8.26. The van der Waals surface area contributed by atoms with E-state index in [0.717, 1.165) is 5.39 Å². The summed E-state index contributed by atoms with van der Waals surface area (Å²) >= 11 is 6.33. The molecule has 1 aliphatic heterocycles. The lowest BCUT2D eigenvalue weighted by atomic mass is 9.99. The van der Waals surface area contributed by atoms with Crippen molar-refractivity contribution in [2.24, 2.45) is 5.41 Å². The second-order valence-corrected chi connectivity index (χ2v) is 14.6. The monoisotopic (exact) mass is 692 g/mol. The van der Waals surface area contributed by atoms with Crippen molar-refractivity contribution in [3.8, 4) is 5.75 Å². The van der Waals surface area contributed by atoms with E-state index in [1.165, 1.54) is 17.8 Å². The van der Waals surface area contributed by atoms with Crippen molar-refractivity contribution >= 4 is 53.1 Å². The van der Waals surface area contributed by atoms with Crippen LogP contribution in [0.2, 0.25) is 0 Å². The van der Waals surface area contributed by atoms with Crippen LogP contribution in [0.3, 0.4) is 0 Å². The molecule has 6 atom stereocenters. The Bertz CT molecular complexity index is 1800. The molecule has 3 N–H and O–H groups in total. The molecule has 47 heavy (non-hydrogen) atoms. The average molecular weight is 693 g/mol. The molecule has 2 aromatic heterocycles. The van der Waals surface area contributed by atoms with E-state index in [-0.39, 0.29) is 23.4 Å². The van der Waals surface area contributed by atoms with Crippen molar-refractivity contribution in [1.29, 1.82) is 0 Å².